The Hall–Kier alpha value is -1.35. The van der Waals surface area contributed by atoms with E-state index in [0.717, 1.165) is 5.56 Å². The lowest BCUT2D eigenvalue weighted by atomic mass is 9.94. The minimum Gasteiger partial charge on any atom is -0.272 e. The molecule has 3 nitrogen and oxygen atoms in total. The lowest BCUT2D eigenvalue weighted by Crippen LogP contribution is -2.30. The Bertz CT molecular complexity index is 492. The Morgan fingerprint density at radius 1 is 1.17 bits per heavy atom. The van der Waals surface area contributed by atoms with E-state index < -0.39 is 5.41 Å². The Morgan fingerprint density at radius 3 is 2.33 bits per heavy atom. The van der Waals surface area contributed by atoms with Gasteiger partial charge in [-0.15, -0.1) is 0 Å². The average Bonchev–Trinajstić information content (AvgIpc) is 2.53. The maximum Gasteiger partial charge on any atom is 0.254 e. The van der Waals surface area contributed by atoms with Gasteiger partial charge in [0.1, 0.15) is 0 Å². The van der Waals surface area contributed by atoms with Crippen LogP contribution >= 0.6 is 0 Å². The van der Waals surface area contributed by atoms with Crippen LogP contribution in [0.2, 0.25) is 0 Å². The van der Waals surface area contributed by atoms with Crippen molar-refractivity contribution in [1.29, 1.82) is 0 Å². The first-order chi connectivity index (χ1) is 8.31. The highest BCUT2D eigenvalue weighted by molar-refractivity contribution is 5.82. The topological polar surface area (TPSA) is 29.5 Å². The molecule has 1 aliphatic rings. The number of aryl methyl sites for hydroxylation is 3. The van der Waals surface area contributed by atoms with Crippen molar-refractivity contribution in [1.82, 2.24) is 5.06 Å². The molecule has 98 valence electrons. The predicted octanol–water partition coefficient (Wildman–Crippen LogP) is 2.91. The molecule has 1 saturated heterocycles. The summed E-state index contributed by atoms with van der Waals surface area (Å²) < 4.78 is 0. The van der Waals surface area contributed by atoms with Gasteiger partial charge in [0.25, 0.3) is 5.91 Å². The van der Waals surface area contributed by atoms with Gasteiger partial charge < -0.3 is 0 Å². The maximum absolute atomic E-state index is 12.1. The number of nitrogens with zero attached hydrogens (tertiary/aromatic N) is 1. The second kappa shape index (κ2) is 4.39. The van der Waals surface area contributed by atoms with Crippen molar-refractivity contribution < 1.29 is 9.63 Å². The van der Waals surface area contributed by atoms with Gasteiger partial charge in [0.15, 0.2) is 0 Å². The van der Waals surface area contributed by atoms with Crippen molar-refractivity contribution >= 4 is 5.91 Å². The van der Waals surface area contributed by atoms with Crippen LogP contribution in [-0.2, 0) is 16.2 Å². The number of hydroxylamine groups is 2. The number of amides is 1. The zero-order valence-corrected chi connectivity index (χ0v) is 11.8. The molecule has 0 aromatic heterocycles. The highest BCUT2D eigenvalue weighted by Gasteiger charge is 2.40. The molecule has 1 amide bonds. The molecule has 1 aromatic rings. The second-order valence-electron chi connectivity index (χ2n) is 5.86. The highest BCUT2D eigenvalue weighted by Crippen LogP contribution is 2.29. The summed E-state index contributed by atoms with van der Waals surface area (Å²) in [5.74, 6) is 0.0696. The van der Waals surface area contributed by atoms with Gasteiger partial charge in [0.2, 0.25) is 0 Å². The fourth-order valence-corrected chi connectivity index (χ4v) is 2.16. The molecule has 0 atom stereocenters. The number of benzene rings is 1. The molecule has 18 heavy (non-hydrogen) atoms. The summed E-state index contributed by atoms with van der Waals surface area (Å²) in [6, 6.07) is 4.31. The smallest absolute Gasteiger partial charge is 0.254 e. The number of hydrogen-bond acceptors (Lipinski definition) is 2. The maximum atomic E-state index is 12.1. The fraction of sp³-hybridized carbons (Fsp3) is 0.533. The van der Waals surface area contributed by atoms with Crippen LogP contribution in [0.25, 0.3) is 0 Å². The van der Waals surface area contributed by atoms with E-state index in [9.17, 15) is 4.79 Å². The molecular weight excluding hydrogens is 226 g/mol. The molecule has 0 saturated carbocycles. The van der Waals surface area contributed by atoms with E-state index in [1.807, 2.05) is 13.8 Å². The summed E-state index contributed by atoms with van der Waals surface area (Å²) in [4.78, 5) is 17.6. The summed E-state index contributed by atoms with van der Waals surface area (Å²) in [7, 11) is 0. The number of carbonyl (C=O) groups is 1. The van der Waals surface area contributed by atoms with E-state index in [2.05, 4.69) is 32.9 Å². The monoisotopic (exact) mass is 247 g/mol. The zero-order chi connectivity index (χ0) is 13.5. The third-order valence-corrected chi connectivity index (χ3v) is 3.65. The Labute approximate surface area is 109 Å². The van der Waals surface area contributed by atoms with Crippen LogP contribution in [0.1, 0.15) is 36.1 Å². The molecule has 0 aliphatic carbocycles. The largest absolute Gasteiger partial charge is 0.272 e. The van der Waals surface area contributed by atoms with Crippen molar-refractivity contribution in [3.05, 3.63) is 34.4 Å². The minimum absolute atomic E-state index is 0.0696. The van der Waals surface area contributed by atoms with Crippen LogP contribution in [0, 0.1) is 26.2 Å². The number of rotatable bonds is 2. The molecule has 0 N–H and O–H groups in total. The van der Waals surface area contributed by atoms with Crippen LogP contribution in [0.5, 0.6) is 0 Å². The van der Waals surface area contributed by atoms with E-state index in [1.165, 1.54) is 21.8 Å². The molecule has 2 rings (SSSR count). The van der Waals surface area contributed by atoms with Crippen LogP contribution in [0.15, 0.2) is 12.1 Å². The molecule has 1 fully saturated rings. The van der Waals surface area contributed by atoms with Gasteiger partial charge in [-0.3, -0.25) is 9.63 Å². The summed E-state index contributed by atoms with van der Waals surface area (Å²) in [6.07, 6.45) is 0. The second-order valence-corrected chi connectivity index (χ2v) is 5.86. The molecule has 1 aliphatic heterocycles. The van der Waals surface area contributed by atoms with Crippen LogP contribution in [0.4, 0.5) is 0 Å². The Kier molecular flexibility index (Phi) is 3.20. The quantitative estimate of drug-likeness (QED) is 0.804. The van der Waals surface area contributed by atoms with Crippen LogP contribution in [-0.4, -0.2) is 17.6 Å². The molecule has 0 bridgehead atoms. The lowest BCUT2D eigenvalue weighted by Gasteiger charge is -2.18. The van der Waals surface area contributed by atoms with Gasteiger partial charge in [-0.25, -0.2) is 5.06 Å². The van der Waals surface area contributed by atoms with Crippen LogP contribution in [0.3, 0.4) is 0 Å². The van der Waals surface area contributed by atoms with Gasteiger partial charge in [0, 0.05) is 0 Å². The van der Waals surface area contributed by atoms with E-state index in [4.69, 9.17) is 4.84 Å². The number of carbonyl (C=O) groups excluding carboxylic acids is 1. The van der Waals surface area contributed by atoms with Gasteiger partial charge in [-0.05, 0) is 56.9 Å². The fourth-order valence-electron chi connectivity index (χ4n) is 2.16. The van der Waals surface area contributed by atoms with Crippen molar-refractivity contribution in [3.63, 3.8) is 0 Å². The van der Waals surface area contributed by atoms with Crippen molar-refractivity contribution in [2.45, 2.75) is 41.2 Å². The molecule has 0 unspecified atom stereocenters. The highest BCUT2D eigenvalue weighted by atomic mass is 16.7. The first kappa shape index (κ1) is 13.1. The van der Waals surface area contributed by atoms with Crippen molar-refractivity contribution in [2.24, 2.45) is 5.41 Å². The molecule has 1 aromatic carbocycles. The Morgan fingerprint density at radius 2 is 1.78 bits per heavy atom. The minimum atomic E-state index is -0.395. The van der Waals surface area contributed by atoms with Gasteiger partial charge in [-0.2, -0.15) is 0 Å². The summed E-state index contributed by atoms with van der Waals surface area (Å²) >= 11 is 0. The summed E-state index contributed by atoms with van der Waals surface area (Å²) in [6.45, 7) is 11.1. The standard InChI is InChI=1S/C15H21NO2/c1-10-6-12(3)13(7-11(10)2)8-16-14(17)15(4,5)9-18-16/h6-7H,8-9H2,1-5H3. The molecule has 1 heterocycles. The normalized spacial score (nSPS) is 18.5. The number of hydrogen-bond donors (Lipinski definition) is 0. The molecule has 0 radical (unpaired) electrons. The van der Waals surface area contributed by atoms with Gasteiger partial charge >= 0.3 is 0 Å². The van der Waals surface area contributed by atoms with Crippen molar-refractivity contribution in [3.8, 4) is 0 Å². The van der Waals surface area contributed by atoms with Crippen molar-refractivity contribution in [2.75, 3.05) is 6.61 Å². The van der Waals surface area contributed by atoms with Gasteiger partial charge in [0.05, 0.1) is 18.6 Å². The van der Waals surface area contributed by atoms with E-state index in [0.29, 0.717) is 13.2 Å². The third-order valence-electron chi connectivity index (χ3n) is 3.65. The lowest BCUT2D eigenvalue weighted by molar-refractivity contribution is -0.165. The van der Waals surface area contributed by atoms with E-state index in [1.54, 1.807) is 0 Å². The summed E-state index contributed by atoms with van der Waals surface area (Å²) in [5, 5.41) is 1.50. The van der Waals surface area contributed by atoms with E-state index in [-0.39, 0.29) is 5.91 Å². The zero-order valence-electron chi connectivity index (χ0n) is 11.8. The third kappa shape index (κ3) is 2.27. The predicted molar refractivity (Wildman–Crippen MR) is 70.9 cm³/mol. The summed E-state index contributed by atoms with van der Waals surface area (Å²) in [5.41, 5.74) is 4.50. The van der Waals surface area contributed by atoms with E-state index >= 15 is 0 Å². The van der Waals surface area contributed by atoms with Crippen LogP contribution < -0.4 is 0 Å². The van der Waals surface area contributed by atoms with Gasteiger partial charge in [-0.1, -0.05) is 12.1 Å². The SMILES string of the molecule is Cc1cc(C)c(CN2OCC(C)(C)C2=O)cc1C. The first-order valence-corrected chi connectivity index (χ1v) is 6.33. The average molecular weight is 247 g/mol. The Balaban J connectivity index is 2.21. The molecular formula is C15H21NO2. The first-order valence-electron chi connectivity index (χ1n) is 6.33. The molecule has 0 spiro atoms. The molecule has 3 heteroatoms.